The maximum atomic E-state index is 13.1. The number of benzene rings is 2. The second-order valence-electron chi connectivity index (χ2n) is 10.3. The highest BCUT2D eigenvalue weighted by atomic mass is 32.1. The van der Waals surface area contributed by atoms with Crippen LogP contribution in [0, 0.1) is 0 Å². The number of nitrogen functional groups attached to an aromatic ring is 1. The Morgan fingerprint density at radius 2 is 1.85 bits per heavy atom. The van der Waals surface area contributed by atoms with Crippen LogP contribution in [0.25, 0.3) is 11.4 Å². The fourth-order valence-corrected chi connectivity index (χ4v) is 6.43. The second kappa shape index (κ2) is 12.3. The van der Waals surface area contributed by atoms with Crippen LogP contribution in [0.3, 0.4) is 0 Å². The first-order valence-corrected chi connectivity index (χ1v) is 14.7. The van der Waals surface area contributed by atoms with Crippen molar-refractivity contribution in [2.24, 2.45) is 0 Å². The van der Waals surface area contributed by atoms with Crippen molar-refractivity contribution in [1.82, 2.24) is 19.9 Å². The Morgan fingerprint density at radius 3 is 2.63 bits per heavy atom. The Bertz CT molecular complexity index is 1510. The Hall–Kier alpha value is -3.90. The van der Waals surface area contributed by atoms with E-state index in [1.165, 1.54) is 16.0 Å². The summed E-state index contributed by atoms with van der Waals surface area (Å²) in [6.07, 6.45) is 4.37. The van der Waals surface area contributed by atoms with Crippen LogP contribution in [-0.4, -0.2) is 57.2 Å². The predicted molar refractivity (Wildman–Crippen MR) is 160 cm³/mol. The molecule has 2 aromatic heterocycles. The number of aliphatic hydroxyl groups is 1. The van der Waals surface area contributed by atoms with Crippen molar-refractivity contribution in [3.8, 4) is 11.4 Å². The van der Waals surface area contributed by atoms with Gasteiger partial charge in [0, 0.05) is 47.0 Å². The summed E-state index contributed by atoms with van der Waals surface area (Å²) in [4.78, 5) is 30.7. The number of hydrogen-bond acceptors (Lipinski definition) is 10. The summed E-state index contributed by atoms with van der Waals surface area (Å²) in [7, 11) is 0. The minimum absolute atomic E-state index is 0.0453. The fraction of sp³-hybridized carbons (Fsp3) is 0.333. The van der Waals surface area contributed by atoms with Crippen molar-refractivity contribution in [1.29, 1.82) is 0 Å². The van der Waals surface area contributed by atoms with Gasteiger partial charge in [0.2, 0.25) is 11.9 Å². The summed E-state index contributed by atoms with van der Waals surface area (Å²) in [5.74, 6) is 0.446. The molecule has 0 bridgehead atoms. The molecule has 4 aromatic rings. The van der Waals surface area contributed by atoms with Crippen LogP contribution < -0.4 is 16.4 Å². The van der Waals surface area contributed by atoms with Crippen LogP contribution in [-0.2, 0) is 30.7 Å². The third-order valence-electron chi connectivity index (χ3n) is 7.42. The van der Waals surface area contributed by atoms with Gasteiger partial charge in [0.05, 0.1) is 24.7 Å². The lowest BCUT2D eigenvalue weighted by Crippen LogP contribution is -2.35. The summed E-state index contributed by atoms with van der Waals surface area (Å²) < 4.78 is 5.43. The molecule has 6 rings (SSSR count). The molecule has 0 saturated carbocycles. The van der Waals surface area contributed by atoms with Crippen LogP contribution in [0.1, 0.15) is 44.1 Å². The van der Waals surface area contributed by atoms with E-state index in [1.54, 1.807) is 29.5 Å². The van der Waals surface area contributed by atoms with E-state index in [1.807, 2.05) is 18.2 Å². The van der Waals surface area contributed by atoms with Gasteiger partial charge in [-0.05, 0) is 61.1 Å². The van der Waals surface area contributed by atoms with Crippen molar-refractivity contribution in [3.05, 3.63) is 75.0 Å². The van der Waals surface area contributed by atoms with E-state index in [2.05, 4.69) is 42.6 Å². The number of anilines is 4. The number of aryl methyl sites for hydroxylation is 2. The van der Waals surface area contributed by atoms with Gasteiger partial charge in [0.1, 0.15) is 0 Å². The number of nitrogens with one attached hydrogen (secondary N) is 2. The molecule has 10 nitrogen and oxygen atoms in total. The number of carbonyl (C=O) groups excluding carboxylic acids is 1. The van der Waals surface area contributed by atoms with E-state index in [0.717, 1.165) is 64.2 Å². The molecule has 0 atom stereocenters. The zero-order valence-electron chi connectivity index (χ0n) is 22.7. The molecule has 1 fully saturated rings. The van der Waals surface area contributed by atoms with E-state index in [-0.39, 0.29) is 24.4 Å². The van der Waals surface area contributed by atoms with E-state index < -0.39 is 0 Å². The minimum Gasteiger partial charge on any atom is -0.392 e. The Balaban J connectivity index is 1.20. The molecule has 3 heterocycles. The SMILES string of the molecule is Nc1nc(Nc2ccc(CN3CCOCC3)cc2)nc(-c2cccc(NC(=O)c3cc4c(s3)CCCC4)c2CO)n1. The number of fused-ring (bicyclic) bond motifs is 1. The average molecular weight is 572 g/mol. The van der Waals surface area contributed by atoms with Gasteiger partial charge < -0.3 is 26.2 Å². The average Bonchev–Trinajstić information content (AvgIpc) is 3.43. The molecule has 11 heteroatoms. The smallest absolute Gasteiger partial charge is 0.265 e. The van der Waals surface area contributed by atoms with E-state index >= 15 is 0 Å². The molecular formula is C30H33N7O3S. The Morgan fingerprint density at radius 1 is 1.05 bits per heavy atom. The van der Waals surface area contributed by atoms with Crippen molar-refractivity contribution in [2.75, 3.05) is 42.7 Å². The molecule has 0 radical (unpaired) electrons. The molecule has 212 valence electrons. The molecule has 0 unspecified atom stereocenters. The predicted octanol–water partition coefficient (Wildman–Crippen LogP) is 4.38. The van der Waals surface area contributed by atoms with E-state index in [0.29, 0.717) is 27.5 Å². The lowest BCUT2D eigenvalue weighted by molar-refractivity contribution is 0.0342. The maximum absolute atomic E-state index is 13.1. The number of hydrogen-bond donors (Lipinski definition) is 4. The highest BCUT2D eigenvalue weighted by Crippen LogP contribution is 2.32. The number of carbonyl (C=O) groups is 1. The topological polar surface area (TPSA) is 139 Å². The van der Waals surface area contributed by atoms with E-state index in [9.17, 15) is 9.90 Å². The lowest BCUT2D eigenvalue weighted by atomic mass is 9.99. The van der Waals surface area contributed by atoms with Crippen LogP contribution in [0.2, 0.25) is 0 Å². The summed E-state index contributed by atoms with van der Waals surface area (Å²) in [6, 6.07) is 15.5. The molecule has 1 aliphatic heterocycles. The maximum Gasteiger partial charge on any atom is 0.265 e. The van der Waals surface area contributed by atoms with Gasteiger partial charge in [-0.2, -0.15) is 15.0 Å². The zero-order valence-corrected chi connectivity index (χ0v) is 23.5. The summed E-state index contributed by atoms with van der Waals surface area (Å²) in [5, 5.41) is 16.5. The number of thiophene rings is 1. The number of rotatable bonds is 8. The number of amides is 1. The monoisotopic (exact) mass is 571 g/mol. The number of ether oxygens (including phenoxy) is 1. The largest absolute Gasteiger partial charge is 0.392 e. The number of aliphatic hydroxyl groups excluding tert-OH is 1. The number of nitrogens with zero attached hydrogens (tertiary/aromatic N) is 4. The summed E-state index contributed by atoms with van der Waals surface area (Å²) in [5.41, 5.74) is 10.9. The molecule has 1 aliphatic carbocycles. The van der Waals surface area contributed by atoms with Crippen LogP contribution in [0.15, 0.2) is 48.5 Å². The first-order chi connectivity index (χ1) is 20.1. The molecule has 1 amide bonds. The molecule has 2 aliphatic rings. The Kier molecular flexibility index (Phi) is 8.19. The first kappa shape index (κ1) is 27.3. The first-order valence-electron chi connectivity index (χ1n) is 13.9. The number of nitrogens with two attached hydrogens (primary N) is 1. The third kappa shape index (κ3) is 6.38. The molecular weight excluding hydrogens is 538 g/mol. The molecule has 41 heavy (non-hydrogen) atoms. The zero-order chi connectivity index (χ0) is 28.2. The highest BCUT2D eigenvalue weighted by Gasteiger charge is 2.20. The standard InChI is InChI=1S/C30H33N7O3S/c31-29-34-27(35-30(36-29)32-21-10-8-19(9-11-21)17-37-12-14-40-15-13-37)22-5-3-6-24(23(22)18-38)33-28(39)26-16-20-4-1-2-7-25(20)41-26/h3,5-6,8-11,16,38H,1-2,4,7,12-15,17-18H2,(H,33,39)(H3,31,32,34,35,36). The quantitative estimate of drug-likeness (QED) is 0.243. The van der Waals surface area contributed by atoms with Gasteiger partial charge >= 0.3 is 0 Å². The fourth-order valence-electron chi connectivity index (χ4n) is 5.28. The van der Waals surface area contributed by atoms with Gasteiger partial charge in [0.15, 0.2) is 5.82 Å². The number of morpholine rings is 1. The van der Waals surface area contributed by atoms with Gasteiger partial charge in [-0.25, -0.2) is 0 Å². The lowest BCUT2D eigenvalue weighted by Gasteiger charge is -2.26. The van der Waals surface area contributed by atoms with Crippen molar-refractivity contribution in [2.45, 2.75) is 38.8 Å². The van der Waals surface area contributed by atoms with Crippen molar-refractivity contribution < 1.29 is 14.6 Å². The highest BCUT2D eigenvalue weighted by molar-refractivity contribution is 7.14. The van der Waals surface area contributed by atoms with Crippen LogP contribution in [0.5, 0.6) is 0 Å². The van der Waals surface area contributed by atoms with Gasteiger partial charge in [0.25, 0.3) is 5.91 Å². The van der Waals surface area contributed by atoms with Crippen molar-refractivity contribution in [3.63, 3.8) is 0 Å². The molecule has 1 saturated heterocycles. The van der Waals surface area contributed by atoms with Gasteiger partial charge in [-0.15, -0.1) is 11.3 Å². The molecule has 5 N–H and O–H groups in total. The summed E-state index contributed by atoms with van der Waals surface area (Å²) >= 11 is 1.55. The molecule has 0 spiro atoms. The van der Waals surface area contributed by atoms with E-state index in [4.69, 9.17) is 10.5 Å². The van der Waals surface area contributed by atoms with Crippen molar-refractivity contribution >= 4 is 40.5 Å². The van der Waals surface area contributed by atoms with Crippen LogP contribution in [0.4, 0.5) is 23.3 Å². The van der Waals surface area contributed by atoms with Gasteiger partial charge in [-0.3, -0.25) is 9.69 Å². The normalized spacial score (nSPS) is 15.3. The number of aromatic nitrogens is 3. The minimum atomic E-state index is -0.314. The second-order valence-corrected chi connectivity index (χ2v) is 11.4. The summed E-state index contributed by atoms with van der Waals surface area (Å²) in [6.45, 7) is 3.97. The van der Waals surface area contributed by atoms with Gasteiger partial charge in [-0.1, -0.05) is 24.3 Å². The molecule has 2 aromatic carbocycles. The van der Waals surface area contributed by atoms with Crippen LogP contribution >= 0.6 is 11.3 Å². The Labute approximate surface area is 242 Å². The third-order valence-corrected chi connectivity index (χ3v) is 8.65.